The maximum atomic E-state index is 12.9. The van der Waals surface area contributed by atoms with Gasteiger partial charge < -0.3 is 9.80 Å². The summed E-state index contributed by atoms with van der Waals surface area (Å²) < 4.78 is 0. The van der Waals surface area contributed by atoms with Crippen molar-refractivity contribution in [2.45, 2.75) is 38.1 Å². The van der Waals surface area contributed by atoms with Crippen molar-refractivity contribution in [3.8, 4) is 0 Å². The molecule has 2 aliphatic rings. The molecule has 4 nitrogen and oxygen atoms in total. The lowest BCUT2D eigenvalue weighted by molar-refractivity contribution is -0.136. The van der Waals surface area contributed by atoms with Gasteiger partial charge in [-0.15, -0.1) is 0 Å². The maximum Gasteiger partial charge on any atom is 0.227 e. The molecule has 2 aromatic carbocycles. The van der Waals surface area contributed by atoms with Gasteiger partial charge in [0.1, 0.15) is 0 Å². The van der Waals surface area contributed by atoms with Crippen molar-refractivity contribution >= 4 is 22.6 Å². The van der Waals surface area contributed by atoms with Crippen LogP contribution >= 0.6 is 0 Å². The molecule has 0 N–H and O–H groups in total. The highest BCUT2D eigenvalue weighted by Gasteiger charge is 2.36. The Kier molecular flexibility index (Phi) is 4.66. The first-order chi connectivity index (χ1) is 12.6. The lowest BCUT2D eigenvalue weighted by Gasteiger charge is -2.41. The van der Waals surface area contributed by atoms with E-state index in [0.29, 0.717) is 24.8 Å². The summed E-state index contributed by atoms with van der Waals surface area (Å²) in [6, 6.07) is 14.8. The number of hydrogen-bond acceptors (Lipinski definition) is 2. The minimum absolute atomic E-state index is 0.206. The number of carbonyl (C=O) groups is 2. The SMILES string of the molecule is CN1C(=O)CCC[C@H]2CN(C(=O)Cc3ccc4ccccc4c3)CC[C@H]21. The Morgan fingerprint density at radius 3 is 2.77 bits per heavy atom. The Morgan fingerprint density at radius 2 is 1.92 bits per heavy atom. The summed E-state index contributed by atoms with van der Waals surface area (Å²) in [5.41, 5.74) is 1.07. The maximum absolute atomic E-state index is 12.9. The monoisotopic (exact) mass is 350 g/mol. The third-order valence-electron chi connectivity index (χ3n) is 6.07. The van der Waals surface area contributed by atoms with Crippen LogP contribution < -0.4 is 0 Å². The second-order valence-corrected chi connectivity index (χ2v) is 7.71. The average molecular weight is 350 g/mol. The van der Waals surface area contributed by atoms with Gasteiger partial charge in [0, 0.05) is 32.6 Å². The minimum Gasteiger partial charge on any atom is -0.342 e. The van der Waals surface area contributed by atoms with E-state index in [2.05, 4.69) is 30.3 Å². The van der Waals surface area contributed by atoms with Crippen molar-refractivity contribution in [1.82, 2.24) is 9.80 Å². The Labute approximate surface area is 154 Å². The summed E-state index contributed by atoms with van der Waals surface area (Å²) in [6.45, 7) is 1.54. The lowest BCUT2D eigenvalue weighted by atomic mass is 9.88. The quantitative estimate of drug-likeness (QED) is 0.834. The normalized spacial score (nSPS) is 23.7. The molecule has 2 aliphatic heterocycles. The van der Waals surface area contributed by atoms with Crippen molar-refractivity contribution in [3.05, 3.63) is 48.0 Å². The third kappa shape index (κ3) is 3.33. The molecule has 2 saturated heterocycles. The molecule has 0 unspecified atom stereocenters. The fraction of sp³-hybridized carbons (Fsp3) is 0.455. The van der Waals surface area contributed by atoms with Crippen molar-refractivity contribution in [1.29, 1.82) is 0 Å². The van der Waals surface area contributed by atoms with E-state index >= 15 is 0 Å². The van der Waals surface area contributed by atoms with Crippen molar-refractivity contribution in [2.75, 3.05) is 20.1 Å². The number of piperidine rings is 1. The molecule has 2 atom stereocenters. The van der Waals surface area contributed by atoms with Crippen LogP contribution in [0.5, 0.6) is 0 Å². The van der Waals surface area contributed by atoms with Crippen LogP contribution in [0.2, 0.25) is 0 Å². The zero-order chi connectivity index (χ0) is 18.1. The number of likely N-dealkylation sites (tertiary alicyclic amines) is 2. The summed E-state index contributed by atoms with van der Waals surface area (Å²) in [5, 5.41) is 2.39. The summed E-state index contributed by atoms with van der Waals surface area (Å²) in [7, 11) is 1.93. The number of carbonyl (C=O) groups excluding carboxylic acids is 2. The average Bonchev–Trinajstić information content (AvgIpc) is 2.80. The zero-order valence-electron chi connectivity index (χ0n) is 15.4. The molecule has 0 radical (unpaired) electrons. The van der Waals surface area contributed by atoms with Crippen molar-refractivity contribution < 1.29 is 9.59 Å². The fourth-order valence-electron chi connectivity index (χ4n) is 4.55. The van der Waals surface area contributed by atoms with Gasteiger partial charge in [0.25, 0.3) is 0 Å². The molecule has 2 heterocycles. The van der Waals surface area contributed by atoms with Crippen molar-refractivity contribution in [3.63, 3.8) is 0 Å². The number of rotatable bonds is 2. The predicted octanol–water partition coefficient (Wildman–Crippen LogP) is 3.24. The molecular formula is C22H26N2O2. The molecule has 2 fully saturated rings. The molecule has 0 saturated carbocycles. The van der Waals surface area contributed by atoms with Gasteiger partial charge >= 0.3 is 0 Å². The highest BCUT2D eigenvalue weighted by molar-refractivity contribution is 5.85. The van der Waals surface area contributed by atoms with Gasteiger partial charge in [-0.25, -0.2) is 0 Å². The Hall–Kier alpha value is -2.36. The molecule has 0 bridgehead atoms. The molecule has 26 heavy (non-hydrogen) atoms. The number of fused-ring (bicyclic) bond motifs is 2. The van der Waals surface area contributed by atoms with Crippen LogP contribution in [0.4, 0.5) is 0 Å². The van der Waals surface area contributed by atoms with Gasteiger partial charge in [0.15, 0.2) is 0 Å². The molecule has 4 rings (SSSR count). The zero-order valence-corrected chi connectivity index (χ0v) is 15.4. The van der Waals surface area contributed by atoms with Crippen LogP contribution in [0, 0.1) is 5.92 Å². The van der Waals surface area contributed by atoms with Crippen LogP contribution in [0.15, 0.2) is 42.5 Å². The second kappa shape index (κ2) is 7.10. The van der Waals surface area contributed by atoms with E-state index in [-0.39, 0.29) is 11.8 Å². The molecule has 0 aromatic heterocycles. The predicted molar refractivity (Wildman–Crippen MR) is 103 cm³/mol. The topological polar surface area (TPSA) is 40.6 Å². The highest BCUT2D eigenvalue weighted by Crippen LogP contribution is 2.30. The molecule has 2 aromatic rings. The summed E-state index contributed by atoms with van der Waals surface area (Å²) in [5.74, 6) is 0.881. The number of amides is 2. The van der Waals surface area contributed by atoms with Crippen LogP contribution in [-0.4, -0.2) is 47.8 Å². The van der Waals surface area contributed by atoms with E-state index in [0.717, 1.165) is 37.9 Å². The minimum atomic E-state index is 0.206. The van der Waals surface area contributed by atoms with E-state index in [1.165, 1.54) is 10.8 Å². The summed E-state index contributed by atoms with van der Waals surface area (Å²) in [4.78, 5) is 28.9. The molecule has 4 heteroatoms. The van der Waals surface area contributed by atoms with Crippen molar-refractivity contribution in [2.24, 2.45) is 5.92 Å². The molecule has 0 aliphatic carbocycles. The summed E-state index contributed by atoms with van der Waals surface area (Å²) >= 11 is 0. The largest absolute Gasteiger partial charge is 0.342 e. The standard InChI is InChI=1S/C22H26N2O2/c1-23-20-11-12-24(15-19(20)7-4-8-21(23)25)22(26)14-16-9-10-17-5-2-3-6-18(17)13-16/h2-3,5-6,9-10,13,19-20H,4,7-8,11-12,14-15H2,1H3/t19-,20+/m0/s1. The number of nitrogens with zero attached hydrogens (tertiary/aromatic N) is 2. The van der Waals surface area contributed by atoms with Gasteiger partial charge in [-0.05, 0) is 41.5 Å². The lowest BCUT2D eigenvalue weighted by Crippen LogP contribution is -2.52. The van der Waals surface area contributed by atoms with E-state index in [4.69, 9.17) is 0 Å². The van der Waals surface area contributed by atoms with Gasteiger partial charge in [-0.3, -0.25) is 9.59 Å². The first-order valence-electron chi connectivity index (χ1n) is 9.63. The summed E-state index contributed by atoms with van der Waals surface area (Å²) in [6.07, 6.45) is 3.99. The Balaban J connectivity index is 1.44. The molecule has 0 spiro atoms. The molecule has 136 valence electrons. The van der Waals surface area contributed by atoms with Gasteiger partial charge in [-0.2, -0.15) is 0 Å². The van der Waals surface area contributed by atoms with E-state index in [9.17, 15) is 9.59 Å². The van der Waals surface area contributed by atoms with Crippen LogP contribution in [-0.2, 0) is 16.0 Å². The van der Waals surface area contributed by atoms with Crippen LogP contribution in [0.25, 0.3) is 10.8 Å². The first-order valence-corrected chi connectivity index (χ1v) is 9.63. The van der Waals surface area contributed by atoms with Gasteiger partial charge in [-0.1, -0.05) is 42.5 Å². The fourth-order valence-corrected chi connectivity index (χ4v) is 4.55. The molecule has 2 amide bonds. The number of hydrogen-bond donors (Lipinski definition) is 0. The third-order valence-corrected chi connectivity index (χ3v) is 6.07. The number of benzene rings is 2. The second-order valence-electron chi connectivity index (χ2n) is 7.71. The van der Waals surface area contributed by atoms with Gasteiger partial charge in [0.05, 0.1) is 6.42 Å². The van der Waals surface area contributed by atoms with Gasteiger partial charge in [0.2, 0.25) is 11.8 Å². The van der Waals surface area contributed by atoms with E-state index < -0.39 is 0 Å². The van der Waals surface area contributed by atoms with Crippen LogP contribution in [0.1, 0.15) is 31.2 Å². The van der Waals surface area contributed by atoms with E-state index in [1.54, 1.807) is 0 Å². The van der Waals surface area contributed by atoms with Crippen LogP contribution in [0.3, 0.4) is 0 Å². The Morgan fingerprint density at radius 1 is 1.12 bits per heavy atom. The van der Waals surface area contributed by atoms with E-state index in [1.807, 2.05) is 29.0 Å². The first kappa shape index (κ1) is 17.1. The smallest absolute Gasteiger partial charge is 0.227 e. The highest BCUT2D eigenvalue weighted by atomic mass is 16.2. The molecular weight excluding hydrogens is 324 g/mol. The Bertz CT molecular complexity index is 832.